The Labute approximate surface area is 199 Å². The molecule has 0 saturated heterocycles. The van der Waals surface area contributed by atoms with E-state index in [-0.39, 0.29) is 18.3 Å². The number of carbonyl (C=O) groups is 1. The van der Waals surface area contributed by atoms with E-state index in [1.807, 2.05) is 52.8 Å². The SMILES string of the molecule is CC(C)Oc1ccc2c(c1)CCC2.CC(C)Oc1ccc2c(c1)N(C(=O)OC(C)(C)C)CC2. The van der Waals surface area contributed by atoms with E-state index in [4.69, 9.17) is 14.2 Å². The second kappa shape index (κ2) is 10.5. The molecule has 0 unspecified atom stereocenters. The molecule has 0 saturated carbocycles. The van der Waals surface area contributed by atoms with Crippen LogP contribution in [0.2, 0.25) is 0 Å². The third kappa shape index (κ3) is 7.15. The summed E-state index contributed by atoms with van der Waals surface area (Å²) in [6.45, 7) is 14.4. The molecule has 0 radical (unpaired) electrons. The fourth-order valence-corrected chi connectivity index (χ4v) is 4.10. The van der Waals surface area contributed by atoms with E-state index in [1.165, 1.54) is 30.4 Å². The van der Waals surface area contributed by atoms with Crippen LogP contribution in [0.3, 0.4) is 0 Å². The maximum atomic E-state index is 12.2. The molecular weight excluding hydrogens is 414 g/mol. The van der Waals surface area contributed by atoms with Gasteiger partial charge < -0.3 is 14.2 Å². The Morgan fingerprint density at radius 3 is 2.00 bits per heavy atom. The molecule has 0 spiro atoms. The van der Waals surface area contributed by atoms with Crippen LogP contribution in [0.1, 0.15) is 71.6 Å². The number of carbonyl (C=O) groups excluding carboxylic acids is 1. The second-order valence-electron chi connectivity index (χ2n) is 10.3. The van der Waals surface area contributed by atoms with E-state index in [0.29, 0.717) is 6.54 Å². The number of hydrogen-bond acceptors (Lipinski definition) is 4. The molecule has 2 aliphatic rings. The van der Waals surface area contributed by atoms with Gasteiger partial charge in [0.2, 0.25) is 0 Å². The molecule has 1 heterocycles. The van der Waals surface area contributed by atoms with Crippen LogP contribution in [-0.4, -0.2) is 30.4 Å². The van der Waals surface area contributed by atoms with E-state index >= 15 is 0 Å². The lowest BCUT2D eigenvalue weighted by Gasteiger charge is -2.25. The van der Waals surface area contributed by atoms with Crippen LogP contribution in [-0.2, 0) is 24.0 Å². The molecule has 33 heavy (non-hydrogen) atoms. The number of benzene rings is 2. The average molecular weight is 454 g/mol. The number of nitrogens with zero attached hydrogens (tertiary/aromatic N) is 1. The summed E-state index contributed by atoms with van der Waals surface area (Å²) in [7, 11) is 0. The standard InChI is InChI=1S/C16H23NO3.C12H16O/c1-11(2)19-13-7-6-12-8-9-17(14(12)10-13)15(18)20-16(3,4)5;1-9(2)13-12-7-6-10-4-3-5-11(10)8-12/h6-7,10-11H,8-9H2,1-5H3;6-9H,3-5H2,1-2H3. The highest BCUT2D eigenvalue weighted by Gasteiger charge is 2.29. The fourth-order valence-electron chi connectivity index (χ4n) is 4.10. The van der Waals surface area contributed by atoms with E-state index in [0.717, 1.165) is 29.2 Å². The highest BCUT2D eigenvalue weighted by Crippen LogP contribution is 2.33. The highest BCUT2D eigenvalue weighted by molar-refractivity contribution is 5.90. The molecule has 0 atom stereocenters. The van der Waals surface area contributed by atoms with E-state index in [2.05, 4.69) is 32.0 Å². The van der Waals surface area contributed by atoms with Crippen LogP contribution in [0.15, 0.2) is 36.4 Å². The van der Waals surface area contributed by atoms with Crippen molar-refractivity contribution in [3.63, 3.8) is 0 Å². The first-order valence-electron chi connectivity index (χ1n) is 12.1. The molecule has 0 aromatic heterocycles. The predicted octanol–water partition coefficient (Wildman–Crippen LogP) is 6.73. The van der Waals surface area contributed by atoms with Crippen LogP contribution >= 0.6 is 0 Å². The van der Waals surface area contributed by atoms with Crippen molar-refractivity contribution >= 4 is 11.8 Å². The van der Waals surface area contributed by atoms with Crippen molar-refractivity contribution in [3.05, 3.63) is 53.1 Å². The van der Waals surface area contributed by atoms with E-state index < -0.39 is 5.60 Å². The molecule has 0 fully saturated rings. The smallest absolute Gasteiger partial charge is 0.414 e. The van der Waals surface area contributed by atoms with Crippen molar-refractivity contribution in [1.82, 2.24) is 0 Å². The number of anilines is 1. The summed E-state index contributed by atoms with van der Waals surface area (Å²) >= 11 is 0. The highest BCUT2D eigenvalue weighted by atomic mass is 16.6. The fraction of sp³-hybridized carbons (Fsp3) is 0.536. The summed E-state index contributed by atoms with van der Waals surface area (Å²) in [5, 5.41) is 0. The summed E-state index contributed by atoms with van der Waals surface area (Å²) in [5.74, 6) is 1.81. The molecule has 5 heteroatoms. The summed E-state index contributed by atoms with van der Waals surface area (Å²) in [5.41, 5.74) is 4.57. The van der Waals surface area contributed by atoms with Gasteiger partial charge in [-0.3, -0.25) is 4.90 Å². The lowest BCUT2D eigenvalue weighted by molar-refractivity contribution is 0.0584. The third-order valence-electron chi connectivity index (χ3n) is 5.38. The van der Waals surface area contributed by atoms with Gasteiger partial charge in [0.1, 0.15) is 17.1 Å². The van der Waals surface area contributed by atoms with Gasteiger partial charge in [0.05, 0.1) is 17.9 Å². The first-order valence-corrected chi connectivity index (χ1v) is 12.1. The van der Waals surface area contributed by atoms with E-state index in [1.54, 1.807) is 4.90 Å². The zero-order chi connectivity index (χ0) is 24.2. The average Bonchev–Trinajstić information content (AvgIpc) is 3.32. The Morgan fingerprint density at radius 1 is 0.818 bits per heavy atom. The Hall–Kier alpha value is -2.69. The van der Waals surface area contributed by atoms with Gasteiger partial charge in [0, 0.05) is 12.6 Å². The Bertz CT molecular complexity index is 959. The van der Waals surface area contributed by atoms with Crippen molar-refractivity contribution in [3.8, 4) is 11.5 Å². The number of ether oxygens (including phenoxy) is 3. The lowest BCUT2D eigenvalue weighted by Crippen LogP contribution is -2.35. The molecule has 0 N–H and O–H groups in total. The van der Waals surface area contributed by atoms with Gasteiger partial charge in [0.15, 0.2) is 0 Å². The summed E-state index contributed by atoms with van der Waals surface area (Å²) < 4.78 is 16.8. The normalized spacial score (nSPS) is 14.5. The maximum absolute atomic E-state index is 12.2. The monoisotopic (exact) mass is 453 g/mol. The summed E-state index contributed by atoms with van der Waals surface area (Å²) in [6, 6.07) is 12.4. The minimum absolute atomic E-state index is 0.115. The molecule has 180 valence electrons. The number of fused-ring (bicyclic) bond motifs is 2. The number of amides is 1. The van der Waals surface area contributed by atoms with Crippen LogP contribution < -0.4 is 14.4 Å². The first kappa shape index (κ1) is 24.9. The van der Waals surface area contributed by atoms with Crippen molar-refractivity contribution in [2.45, 2.75) is 92.0 Å². The molecule has 4 rings (SSSR count). The van der Waals surface area contributed by atoms with Crippen LogP contribution in [0.25, 0.3) is 0 Å². The lowest BCUT2D eigenvalue weighted by atomic mass is 10.1. The summed E-state index contributed by atoms with van der Waals surface area (Å²) in [6.07, 6.45) is 4.74. The minimum atomic E-state index is -0.480. The number of aryl methyl sites for hydroxylation is 2. The maximum Gasteiger partial charge on any atom is 0.414 e. The van der Waals surface area contributed by atoms with Gasteiger partial charge in [-0.25, -0.2) is 4.79 Å². The van der Waals surface area contributed by atoms with Gasteiger partial charge in [-0.15, -0.1) is 0 Å². The van der Waals surface area contributed by atoms with Crippen LogP contribution in [0, 0.1) is 0 Å². The number of rotatable bonds is 4. The quantitative estimate of drug-likeness (QED) is 0.515. The molecule has 5 nitrogen and oxygen atoms in total. The first-order chi connectivity index (χ1) is 15.5. The van der Waals surface area contributed by atoms with E-state index in [9.17, 15) is 4.79 Å². The molecule has 1 amide bonds. The zero-order valence-electron chi connectivity index (χ0n) is 21.2. The van der Waals surface area contributed by atoms with Crippen LogP contribution in [0.5, 0.6) is 11.5 Å². The predicted molar refractivity (Wildman–Crippen MR) is 134 cm³/mol. The minimum Gasteiger partial charge on any atom is -0.491 e. The molecular formula is C28H39NO4. The largest absolute Gasteiger partial charge is 0.491 e. The van der Waals surface area contributed by atoms with Crippen LogP contribution in [0.4, 0.5) is 10.5 Å². The van der Waals surface area contributed by atoms with Gasteiger partial charge >= 0.3 is 6.09 Å². The van der Waals surface area contributed by atoms with Crippen molar-refractivity contribution in [2.75, 3.05) is 11.4 Å². The molecule has 2 aromatic carbocycles. The zero-order valence-corrected chi connectivity index (χ0v) is 21.2. The molecule has 1 aliphatic heterocycles. The topological polar surface area (TPSA) is 48.0 Å². The van der Waals surface area contributed by atoms with Crippen molar-refractivity contribution in [2.24, 2.45) is 0 Å². The Morgan fingerprint density at radius 2 is 1.39 bits per heavy atom. The van der Waals surface area contributed by atoms with Crippen molar-refractivity contribution < 1.29 is 19.0 Å². The molecule has 1 aliphatic carbocycles. The van der Waals surface area contributed by atoms with Crippen molar-refractivity contribution in [1.29, 1.82) is 0 Å². The van der Waals surface area contributed by atoms with Gasteiger partial charge in [-0.2, -0.15) is 0 Å². The molecule has 2 aromatic rings. The Balaban J connectivity index is 0.000000203. The van der Waals surface area contributed by atoms with Gasteiger partial charge in [-0.05, 0) is 109 Å². The second-order valence-corrected chi connectivity index (χ2v) is 10.3. The number of hydrogen-bond donors (Lipinski definition) is 0. The molecule has 0 bridgehead atoms. The van der Waals surface area contributed by atoms with Gasteiger partial charge in [0.25, 0.3) is 0 Å². The summed E-state index contributed by atoms with van der Waals surface area (Å²) in [4.78, 5) is 13.9. The third-order valence-corrected chi connectivity index (χ3v) is 5.38. The van der Waals surface area contributed by atoms with Gasteiger partial charge in [-0.1, -0.05) is 12.1 Å². The Kier molecular flexibility index (Phi) is 7.93.